The highest BCUT2D eigenvalue weighted by Gasteiger charge is 2.46. The Labute approximate surface area is 397 Å². The molecule has 0 aromatic heterocycles. The Kier molecular flexibility index (Phi) is 17.9. The lowest BCUT2D eigenvalue weighted by Gasteiger charge is -2.40. The van der Waals surface area contributed by atoms with Crippen LogP contribution in [0, 0.1) is 0 Å². The van der Waals surface area contributed by atoms with Gasteiger partial charge in [-0.1, -0.05) is 6.07 Å². The number of hydrogen-bond acceptors (Lipinski definition) is 25. The minimum absolute atomic E-state index is 0.317. The smallest absolute Gasteiger partial charge is 0.332 e. The van der Waals surface area contributed by atoms with Gasteiger partial charge in [0.05, 0.1) is 36.5 Å². The molecule has 13 atom stereocenters. The van der Waals surface area contributed by atoms with Crippen LogP contribution < -0.4 is 16.0 Å². The number of ether oxygens (including phenoxy) is 4. The first-order valence-electron chi connectivity index (χ1n) is 20.8. The Hall–Kier alpha value is -7.16. The van der Waals surface area contributed by atoms with Crippen LogP contribution in [0.15, 0.2) is 42.5 Å². The Morgan fingerprint density at radius 1 is 0.507 bits per heavy atom. The summed E-state index contributed by atoms with van der Waals surface area (Å²) in [5.74, 6) is -15.5. The molecule has 19 N–H and O–H groups in total. The van der Waals surface area contributed by atoms with Crippen LogP contribution in [0.1, 0.15) is 54.4 Å². The maximum absolute atomic E-state index is 13.8. The van der Waals surface area contributed by atoms with E-state index in [4.69, 9.17) is 18.9 Å². The van der Waals surface area contributed by atoms with Crippen LogP contribution in [0.4, 0.5) is 0 Å². The maximum atomic E-state index is 13.8. The molecule has 2 aliphatic heterocycles. The molecule has 0 saturated carbocycles. The number of hydrogen-bond donors (Lipinski definition) is 19. The minimum atomic E-state index is -2.30. The molecule has 388 valence electrons. The summed E-state index contributed by atoms with van der Waals surface area (Å²) in [5.41, 5.74) is -3.09. The van der Waals surface area contributed by atoms with Crippen molar-refractivity contribution >= 4 is 35.6 Å². The first-order chi connectivity index (χ1) is 33.4. The van der Waals surface area contributed by atoms with Gasteiger partial charge in [-0.2, -0.15) is 0 Å². The molecule has 3 aromatic carbocycles. The van der Waals surface area contributed by atoms with Gasteiger partial charge in [0.15, 0.2) is 52.6 Å². The van der Waals surface area contributed by atoms with Gasteiger partial charge in [-0.3, -0.25) is 14.4 Å². The molecule has 71 heavy (non-hydrogen) atoms. The fourth-order valence-electron chi connectivity index (χ4n) is 7.19. The van der Waals surface area contributed by atoms with Crippen molar-refractivity contribution in [2.75, 3.05) is 33.0 Å². The molecule has 5 unspecified atom stereocenters. The predicted octanol–water partition coefficient (Wildman–Crippen LogP) is -6.19. The Morgan fingerprint density at radius 2 is 0.901 bits per heavy atom. The standard InChI is InChI=1S/C42H49N3O26/c46-8-18(43-38(62)16-4-13(6-22(50)27(16)53)35-33(59)31(57)29(55)24(9-47)70-35)41(66)69-12-20(42(67)68-11-19(40(64)65)44-37(61)15-2-1-3-21(49)26(15)52)45-39(63)17-5-14(7-23(51)28(17)54)36-34(60)32(58)30(56)25(10-48)71-36/h1-7,18-20,24-25,29-36,46-60H,8-12H2,(H,43,62)(H,44,61)(H,45,63)(H,64,65)/t18-,19-,20-,24?,25+,29+,30+,31?,32?,33?,34?,35-,36-/m0/s1. The van der Waals surface area contributed by atoms with Gasteiger partial charge < -0.3 is 117 Å². The van der Waals surface area contributed by atoms with Crippen LogP contribution in [-0.4, -0.2) is 217 Å². The molecule has 29 nitrogen and oxygen atoms in total. The third kappa shape index (κ3) is 12.1. The van der Waals surface area contributed by atoms with Crippen LogP contribution in [0.5, 0.6) is 34.5 Å². The van der Waals surface area contributed by atoms with Crippen LogP contribution in [-0.2, 0) is 33.3 Å². The van der Waals surface area contributed by atoms with E-state index in [0.29, 0.717) is 0 Å². The van der Waals surface area contributed by atoms with E-state index in [9.17, 15) is 110 Å². The number of aliphatic hydroxyl groups excluding tert-OH is 9. The zero-order valence-electron chi connectivity index (χ0n) is 36.3. The van der Waals surface area contributed by atoms with Crippen LogP contribution in [0.3, 0.4) is 0 Å². The molecule has 3 amide bonds. The van der Waals surface area contributed by atoms with Crippen molar-refractivity contribution in [3.05, 3.63) is 70.3 Å². The van der Waals surface area contributed by atoms with E-state index < -0.39 is 199 Å². The van der Waals surface area contributed by atoms with Gasteiger partial charge in [0, 0.05) is 0 Å². The number of nitrogens with one attached hydrogen (secondary N) is 3. The number of aliphatic carboxylic acids is 1. The number of aromatic hydroxyl groups is 6. The summed E-state index contributed by atoms with van der Waals surface area (Å²) in [6.07, 6.45) is -17.7. The summed E-state index contributed by atoms with van der Waals surface area (Å²) >= 11 is 0. The number of carboxylic acids is 1. The van der Waals surface area contributed by atoms with Gasteiger partial charge in [0.1, 0.15) is 74.3 Å². The number of benzene rings is 3. The minimum Gasteiger partial charge on any atom is -0.504 e. The second kappa shape index (κ2) is 23.2. The highest BCUT2D eigenvalue weighted by molar-refractivity contribution is 6.02. The molecule has 0 spiro atoms. The summed E-state index contributed by atoms with van der Waals surface area (Å²) < 4.78 is 20.9. The van der Waals surface area contributed by atoms with Gasteiger partial charge in [-0.05, 0) is 47.5 Å². The van der Waals surface area contributed by atoms with Crippen LogP contribution in [0.2, 0.25) is 0 Å². The molecule has 0 bridgehead atoms. The first-order valence-corrected chi connectivity index (χ1v) is 20.8. The molecule has 2 fully saturated rings. The summed E-state index contributed by atoms with van der Waals surface area (Å²) in [6, 6.07) is -0.329. The number of phenolic OH excluding ortho intramolecular Hbond substituents is 6. The number of aliphatic hydroxyl groups is 9. The number of phenols is 6. The molecule has 0 radical (unpaired) electrons. The maximum Gasteiger partial charge on any atom is 0.332 e. The SMILES string of the molecule is O=C(N[C@@H](COC(=O)[C@H](COC(=O)[C@H](CO)NC(=O)c1cc([C@@H]2OC(CO)[C@@H](O)C(O)C2O)cc(O)c1O)NC(=O)c1cc([C@@H]2O[C@H](CO)[C@@H](O)C(O)C2O)cc(O)c1O)C(=O)O)c1cccc(O)c1O. The quantitative estimate of drug-likeness (QED) is 0.0416. The molecule has 2 heterocycles. The summed E-state index contributed by atoms with van der Waals surface area (Å²) in [6.45, 7) is -5.68. The highest BCUT2D eigenvalue weighted by atomic mass is 16.6. The molecule has 29 heteroatoms. The van der Waals surface area contributed by atoms with Crippen molar-refractivity contribution in [2.45, 2.75) is 79.2 Å². The van der Waals surface area contributed by atoms with Gasteiger partial charge >= 0.3 is 17.9 Å². The van der Waals surface area contributed by atoms with E-state index in [1.165, 1.54) is 0 Å². The number of carboxylic acid groups (broad SMARTS) is 1. The normalized spacial score (nSPS) is 25.4. The predicted molar refractivity (Wildman–Crippen MR) is 225 cm³/mol. The highest BCUT2D eigenvalue weighted by Crippen LogP contribution is 2.40. The van der Waals surface area contributed by atoms with Crippen molar-refractivity contribution in [2.24, 2.45) is 0 Å². The topological polar surface area (TPSA) is 499 Å². The third-order valence-corrected chi connectivity index (χ3v) is 11.2. The number of esters is 2. The number of carbonyl (C=O) groups excluding carboxylic acids is 5. The zero-order valence-corrected chi connectivity index (χ0v) is 36.3. The van der Waals surface area contributed by atoms with E-state index in [1.54, 1.807) is 0 Å². The van der Waals surface area contributed by atoms with E-state index in [0.717, 1.165) is 42.5 Å². The van der Waals surface area contributed by atoms with Gasteiger partial charge in [-0.15, -0.1) is 0 Å². The fraction of sp³-hybridized carbons (Fsp3) is 0.429. The average molecular weight is 1010 g/mol. The fourth-order valence-corrected chi connectivity index (χ4v) is 7.19. The molecule has 3 aromatic rings. The Morgan fingerprint density at radius 3 is 1.34 bits per heavy atom. The Bertz CT molecular complexity index is 2470. The van der Waals surface area contributed by atoms with Gasteiger partial charge in [-0.25, -0.2) is 14.4 Å². The van der Waals surface area contributed by atoms with E-state index in [2.05, 4.69) is 0 Å². The van der Waals surface area contributed by atoms with E-state index in [-0.39, 0.29) is 11.1 Å². The second-order valence-electron chi connectivity index (χ2n) is 15.9. The lowest BCUT2D eigenvalue weighted by molar-refractivity contribution is -0.231. The van der Waals surface area contributed by atoms with Crippen LogP contribution >= 0.6 is 0 Å². The third-order valence-electron chi connectivity index (χ3n) is 11.2. The zero-order chi connectivity index (χ0) is 52.8. The number of para-hydroxylation sites is 1. The summed E-state index contributed by atoms with van der Waals surface area (Å²) in [7, 11) is 0. The first kappa shape index (κ1) is 54.8. The Balaban J connectivity index is 1.39. The van der Waals surface area contributed by atoms with Crippen molar-refractivity contribution in [3.63, 3.8) is 0 Å². The van der Waals surface area contributed by atoms with Crippen molar-refractivity contribution < 1.29 is 129 Å². The molecular weight excluding hydrogens is 962 g/mol. The van der Waals surface area contributed by atoms with E-state index >= 15 is 0 Å². The molecule has 2 saturated heterocycles. The summed E-state index contributed by atoms with van der Waals surface area (Å²) in [5, 5.41) is 169. The molecular formula is C42H49N3O26. The lowest BCUT2D eigenvalue weighted by Crippen LogP contribution is -2.55. The molecule has 0 aliphatic carbocycles. The molecule has 2 aliphatic rings. The largest absolute Gasteiger partial charge is 0.504 e. The lowest BCUT2D eigenvalue weighted by atomic mass is 9.90. The number of rotatable bonds is 18. The van der Waals surface area contributed by atoms with Crippen molar-refractivity contribution in [1.29, 1.82) is 0 Å². The van der Waals surface area contributed by atoms with E-state index in [1.807, 2.05) is 16.0 Å². The average Bonchev–Trinajstić information content (AvgIpc) is 3.33. The monoisotopic (exact) mass is 1010 g/mol. The number of carbonyl (C=O) groups is 6. The summed E-state index contributed by atoms with van der Waals surface area (Å²) in [4.78, 5) is 79.0. The van der Waals surface area contributed by atoms with Gasteiger partial charge in [0.2, 0.25) is 0 Å². The van der Waals surface area contributed by atoms with Crippen LogP contribution in [0.25, 0.3) is 0 Å². The number of amides is 3. The second-order valence-corrected chi connectivity index (χ2v) is 15.9. The molecule has 5 rings (SSSR count). The van der Waals surface area contributed by atoms with Gasteiger partial charge in [0.25, 0.3) is 17.7 Å². The van der Waals surface area contributed by atoms with Crippen molar-refractivity contribution in [1.82, 2.24) is 16.0 Å². The van der Waals surface area contributed by atoms with Crippen molar-refractivity contribution in [3.8, 4) is 34.5 Å².